The highest BCUT2D eigenvalue weighted by atomic mass is 15.2. The van der Waals surface area contributed by atoms with Gasteiger partial charge in [0.05, 0.1) is 0 Å². The van der Waals surface area contributed by atoms with Gasteiger partial charge in [-0.05, 0) is 49.7 Å². The van der Waals surface area contributed by atoms with Crippen molar-refractivity contribution >= 4 is 11.5 Å². The number of benzene rings is 1. The van der Waals surface area contributed by atoms with Crippen LogP contribution in [0.25, 0.3) is 0 Å². The zero-order valence-corrected chi connectivity index (χ0v) is 12.6. The summed E-state index contributed by atoms with van der Waals surface area (Å²) in [5.41, 5.74) is 2.42. The molecule has 110 valence electrons. The highest BCUT2D eigenvalue weighted by molar-refractivity contribution is 5.55. The Labute approximate surface area is 127 Å². The summed E-state index contributed by atoms with van der Waals surface area (Å²) in [5, 5.41) is 3.33. The minimum absolute atomic E-state index is 0.544. The van der Waals surface area contributed by atoms with Crippen LogP contribution in [0.2, 0.25) is 0 Å². The van der Waals surface area contributed by atoms with Gasteiger partial charge in [0, 0.05) is 17.9 Å². The van der Waals surface area contributed by atoms with Gasteiger partial charge in [-0.2, -0.15) is 0 Å². The molecule has 21 heavy (non-hydrogen) atoms. The lowest BCUT2D eigenvalue weighted by molar-refractivity contribution is 0.157. The number of pyridine rings is 1. The predicted octanol–water partition coefficient (Wildman–Crippen LogP) is 4.37. The third-order valence-corrected chi connectivity index (χ3v) is 4.24. The SMILES string of the molecule is CCN1CCCCC1c1ccc(Nc2ccccc2)nc1. The standard InChI is InChI=1S/C18H23N3/c1-2-21-13-7-6-10-17(21)15-11-12-18(19-14-15)20-16-8-4-3-5-9-16/h3-5,8-9,11-12,14,17H,2,6-7,10,13H2,1H3,(H,19,20). The van der Waals surface area contributed by atoms with Gasteiger partial charge >= 0.3 is 0 Å². The molecule has 1 atom stereocenters. The van der Waals surface area contributed by atoms with Crippen molar-refractivity contribution in [1.29, 1.82) is 0 Å². The molecule has 2 heterocycles. The third kappa shape index (κ3) is 3.42. The summed E-state index contributed by atoms with van der Waals surface area (Å²) < 4.78 is 0. The molecule has 0 amide bonds. The Morgan fingerprint density at radius 2 is 2.00 bits per heavy atom. The van der Waals surface area contributed by atoms with Gasteiger partial charge in [0.2, 0.25) is 0 Å². The van der Waals surface area contributed by atoms with E-state index in [-0.39, 0.29) is 0 Å². The molecular weight excluding hydrogens is 258 g/mol. The van der Waals surface area contributed by atoms with E-state index in [4.69, 9.17) is 0 Å². The van der Waals surface area contributed by atoms with Gasteiger partial charge in [-0.25, -0.2) is 4.98 Å². The molecule has 1 fully saturated rings. The Bertz CT molecular complexity index is 550. The molecule has 0 aliphatic carbocycles. The van der Waals surface area contributed by atoms with E-state index < -0.39 is 0 Å². The van der Waals surface area contributed by atoms with E-state index in [0.717, 1.165) is 18.1 Å². The van der Waals surface area contributed by atoms with Crippen LogP contribution in [0.15, 0.2) is 48.7 Å². The van der Waals surface area contributed by atoms with Crippen molar-refractivity contribution < 1.29 is 0 Å². The maximum atomic E-state index is 4.58. The molecular formula is C18H23N3. The fourth-order valence-corrected chi connectivity index (χ4v) is 3.09. The van der Waals surface area contributed by atoms with Crippen molar-refractivity contribution in [3.05, 3.63) is 54.2 Å². The Morgan fingerprint density at radius 3 is 2.71 bits per heavy atom. The number of anilines is 2. The van der Waals surface area contributed by atoms with E-state index >= 15 is 0 Å². The quantitative estimate of drug-likeness (QED) is 0.902. The minimum Gasteiger partial charge on any atom is -0.340 e. The van der Waals surface area contributed by atoms with Crippen LogP contribution >= 0.6 is 0 Å². The van der Waals surface area contributed by atoms with Crippen molar-refractivity contribution in [2.24, 2.45) is 0 Å². The van der Waals surface area contributed by atoms with Crippen LogP contribution in [0.3, 0.4) is 0 Å². The average molecular weight is 281 g/mol. The monoisotopic (exact) mass is 281 g/mol. The first kappa shape index (κ1) is 14.1. The van der Waals surface area contributed by atoms with E-state index in [9.17, 15) is 0 Å². The van der Waals surface area contributed by atoms with Gasteiger partial charge in [0.25, 0.3) is 0 Å². The van der Waals surface area contributed by atoms with E-state index in [2.05, 4.69) is 46.4 Å². The van der Waals surface area contributed by atoms with Crippen LogP contribution in [-0.4, -0.2) is 23.0 Å². The number of rotatable bonds is 4. The van der Waals surface area contributed by atoms with Crippen molar-refractivity contribution in [1.82, 2.24) is 9.88 Å². The molecule has 1 aromatic heterocycles. The molecule has 1 aromatic carbocycles. The topological polar surface area (TPSA) is 28.2 Å². The Hall–Kier alpha value is -1.87. The summed E-state index contributed by atoms with van der Waals surface area (Å²) in [6.45, 7) is 4.58. The fourth-order valence-electron chi connectivity index (χ4n) is 3.09. The lowest BCUT2D eigenvalue weighted by Gasteiger charge is -2.35. The predicted molar refractivity (Wildman–Crippen MR) is 87.8 cm³/mol. The molecule has 1 N–H and O–H groups in total. The Morgan fingerprint density at radius 1 is 1.14 bits per heavy atom. The lowest BCUT2D eigenvalue weighted by Crippen LogP contribution is -2.33. The molecule has 3 nitrogen and oxygen atoms in total. The van der Waals surface area contributed by atoms with Crippen LogP contribution in [-0.2, 0) is 0 Å². The third-order valence-electron chi connectivity index (χ3n) is 4.24. The van der Waals surface area contributed by atoms with Crippen molar-refractivity contribution in [3.8, 4) is 0 Å². The van der Waals surface area contributed by atoms with E-state index in [0.29, 0.717) is 6.04 Å². The summed E-state index contributed by atoms with van der Waals surface area (Å²) >= 11 is 0. The van der Waals surface area contributed by atoms with Crippen molar-refractivity contribution in [2.45, 2.75) is 32.2 Å². The van der Waals surface area contributed by atoms with Crippen molar-refractivity contribution in [3.63, 3.8) is 0 Å². The molecule has 0 radical (unpaired) electrons. The number of likely N-dealkylation sites (tertiary alicyclic amines) is 1. The smallest absolute Gasteiger partial charge is 0.130 e. The second-order valence-corrected chi connectivity index (χ2v) is 5.61. The van der Waals surface area contributed by atoms with Crippen molar-refractivity contribution in [2.75, 3.05) is 18.4 Å². The van der Waals surface area contributed by atoms with Gasteiger partial charge in [0.15, 0.2) is 0 Å². The Kier molecular flexibility index (Phi) is 4.51. The highest BCUT2D eigenvalue weighted by Crippen LogP contribution is 2.30. The van der Waals surface area contributed by atoms with Gasteiger partial charge in [-0.15, -0.1) is 0 Å². The average Bonchev–Trinajstić information content (AvgIpc) is 2.56. The molecule has 0 bridgehead atoms. The normalized spacial score (nSPS) is 19.4. The number of hydrogen-bond donors (Lipinski definition) is 1. The number of para-hydroxylation sites is 1. The molecule has 1 aliphatic rings. The van der Waals surface area contributed by atoms with Crippen LogP contribution < -0.4 is 5.32 Å². The molecule has 3 rings (SSSR count). The molecule has 2 aromatic rings. The molecule has 1 unspecified atom stereocenters. The van der Waals surface area contributed by atoms with Crippen LogP contribution in [0, 0.1) is 0 Å². The number of nitrogens with zero attached hydrogens (tertiary/aromatic N) is 2. The minimum atomic E-state index is 0.544. The summed E-state index contributed by atoms with van der Waals surface area (Å²) in [6, 6.07) is 15.0. The summed E-state index contributed by atoms with van der Waals surface area (Å²) in [7, 11) is 0. The van der Waals surface area contributed by atoms with Gasteiger partial charge in [-0.3, -0.25) is 4.90 Å². The maximum absolute atomic E-state index is 4.58. The fraction of sp³-hybridized carbons (Fsp3) is 0.389. The lowest BCUT2D eigenvalue weighted by atomic mass is 9.96. The number of nitrogens with one attached hydrogen (secondary N) is 1. The second-order valence-electron chi connectivity index (χ2n) is 5.61. The van der Waals surface area contributed by atoms with Gasteiger partial charge in [-0.1, -0.05) is 37.6 Å². The molecule has 0 saturated carbocycles. The van der Waals surface area contributed by atoms with Gasteiger partial charge < -0.3 is 5.32 Å². The second kappa shape index (κ2) is 6.72. The number of piperidine rings is 1. The number of hydrogen-bond acceptors (Lipinski definition) is 3. The molecule has 1 aliphatic heterocycles. The highest BCUT2D eigenvalue weighted by Gasteiger charge is 2.22. The molecule has 3 heteroatoms. The van der Waals surface area contributed by atoms with E-state index in [1.165, 1.54) is 31.4 Å². The first-order valence-electron chi connectivity index (χ1n) is 7.89. The van der Waals surface area contributed by atoms with Gasteiger partial charge in [0.1, 0.15) is 5.82 Å². The summed E-state index contributed by atoms with van der Waals surface area (Å²) in [6.07, 6.45) is 5.93. The maximum Gasteiger partial charge on any atom is 0.130 e. The molecule has 0 spiro atoms. The largest absolute Gasteiger partial charge is 0.340 e. The first-order chi connectivity index (χ1) is 10.4. The van der Waals surface area contributed by atoms with E-state index in [1.807, 2.05) is 24.4 Å². The number of aromatic nitrogens is 1. The van der Waals surface area contributed by atoms with E-state index in [1.54, 1.807) is 0 Å². The Balaban J connectivity index is 1.71. The molecule has 1 saturated heterocycles. The zero-order chi connectivity index (χ0) is 14.5. The summed E-state index contributed by atoms with van der Waals surface area (Å²) in [4.78, 5) is 7.14. The van der Waals surface area contributed by atoms with Crippen LogP contribution in [0.4, 0.5) is 11.5 Å². The van der Waals surface area contributed by atoms with Crippen LogP contribution in [0.1, 0.15) is 37.8 Å². The zero-order valence-electron chi connectivity index (χ0n) is 12.6. The first-order valence-corrected chi connectivity index (χ1v) is 7.89. The summed E-state index contributed by atoms with van der Waals surface area (Å²) in [5.74, 6) is 0.906. The van der Waals surface area contributed by atoms with Crippen LogP contribution in [0.5, 0.6) is 0 Å².